The maximum Gasteiger partial charge on any atom is 0.269 e. The van der Waals surface area contributed by atoms with Crippen LogP contribution >= 0.6 is 35.6 Å². The van der Waals surface area contributed by atoms with Crippen LogP contribution in [0.3, 0.4) is 0 Å². The van der Waals surface area contributed by atoms with Gasteiger partial charge in [-0.3, -0.25) is 30.1 Å². The van der Waals surface area contributed by atoms with Crippen molar-refractivity contribution in [1.82, 2.24) is 15.8 Å². The summed E-state index contributed by atoms with van der Waals surface area (Å²) in [6.07, 6.45) is 1.67. The van der Waals surface area contributed by atoms with Crippen molar-refractivity contribution < 1.29 is 14.4 Å². The predicted molar refractivity (Wildman–Crippen MR) is 123 cm³/mol. The number of benzene rings is 2. The Bertz CT molecular complexity index is 1040. The fourth-order valence-corrected chi connectivity index (χ4v) is 4.10. The molecule has 1 heterocycles. The molecule has 1 aliphatic rings. The van der Waals surface area contributed by atoms with Gasteiger partial charge in [-0.15, -0.1) is 0 Å². The largest absolute Gasteiger partial charge is 0.292 e. The zero-order chi connectivity index (χ0) is 21.7. The molecule has 0 unspecified atom stereocenters. The van der Waals surface area contributed by atoms with Gasteiger partial charge in [-0.25, -0.2) is 0 Å². The number of hydrazine groups is 1. The van der Waals surface area contributed by atoms with Gasteiger partial charge in [0.25, 0.3) is 11.8 Å². The second-order valence-corrected chi connectivity index (χ2v) is 8.56. The van der Waals surface area contributed by atoms with E-state index in [-0.39, 0.29) is 18.9 Å². The van der Waals surface area contributed by atoms with Crippen molar-refractivity contribution in [3.05, 3.63) is 75.1 Å². The minimum atomic E-state index is -0.431. The molecule has 0 bridgehead atoms. The average Bonchev–Trinajstić information content (AvgIpc) is 2.99. The van der Waals surface area contributed by atoms with E-state index in [0.29, 0.717) is 19.8 Å². The summed E-state index contributed by atoms with van der Waals surface area (Å²) in [5.74, 6) is -1.13. The molecular formula is C21H18ClN3O3S2. The van der Waals surface area contributed by atoms with E-state index in [4.69, 9.17) is 23.8 Å². The molecule has 154 valence electrons. The number of halogens is 1. The number of thioether (sulfide) groups is 1. The third-order valence-electron chi connectivity index (χ3n) is 4.26. The third kappa shape index (κ3) is 5.47. The van der Waals surface area contributed by atoms with Crippen LogP contribution in [0.25, 0.3) is 6.08 Å². The van der Waals surface area contributed by atoms with Gasteiger partial charge < -0.3 is 0 Å². The molecule has 0 radical (unpaired) electrons. The predicted octanol–water partition coefficient (Wildman–Crippen LogP) is 3.70. The number of hydrogen-bond donors (Lipinski definition) is 2. The summed E-state index contributed by atoms with van der Waals surface area (Å²) in [5, 5.41) is 0.534. The van der Waals surface area contributed by atoms with Crippen LogP contribution in [-0.2, 0) is 9.59 Å². The van der Waals surface area contributed by atoms with Crippen LogP contribution in [-0.4, -0.2) is 33.5 Å². The van der Waals surface area contributed by atoms with Crippen LogP contribution in [0.4, 0.5) is 0 Å². The Morgan fingerprint density at radius 1 is 1.13 bits per heavy atom. The Labute approximate surface area is 188 Å². The lowest BCUT2D eigenvalue weighted by atomic mass is 10.1. The lowest BCUT2D eigenvalue weighted by molar-refractivity contribution is -0.124. The molecule has 1 aliphatic heterocycles. The fraction of sp³-hybridized carbons (Fsp3) is 0.143. The molecule has 0 aliphatic carbocycles. The molecule has 0 saturated carbocycles. The minimum Gasteiger partial charge on any atom is -0.292 e. The van der Waals surface area contributed by atoms with Gasteiger partial charge >= 0.3 is 0 Å². The highest BCUT2D eigenvalue weighted by Crippen LogP contribution is 2.33. The lowest BCUT2D eigenvalue weighted by Gasteiger charge is -2.14. The maximum atomic E-state index is 12.6. The first kappa shape index (κ1) is 22.0. The standard InChI is InChI=1S/C21H18ClN3O3S2/c1-13-6-8-14(9-7-13)19(27)24-23-18(26)10-11-25-20(28)17(30-21(25)29)12-15-4-2-3-5-16(15)22/h2-9,12H,10-11H2,1H3,(H,23,26)(H,24,27)/b17-12-. The molecule has 9 heteroatoms. The van der Waals surface area contributed by atoms with Crippen molar-refractivity contribution in [2.75, 3.05) is 6.54 Å². The minimum absolute atomic E-state index is 0.0139. The number of nitrogens with one attached hydrogen (secondary N) is 2. The Hall–Kier alpha value is -2.68. The Balaban J connectivity index is 1.52. The number of carbonyl (C=O) groups is 3. The van der Waals surface area contributed by atoms with E-state index in [2.05, 4.69) is 10.9 Å². The summed E-state index contributed by atoms with van der Waals surface area (Å²) in [6.45, 7) is 2.03. The summed E-state index contributed by atoms with van der Waals surface area (Å²) in [7, 11) is 0. The van der Waals surface area contributed by atoms with Gasteiger partial charge in [0.05, 0.1) is 4.91 Å². The summed E-state index contributed by atoms with van der Waals surface area (Å²) in [6, 6.07) is 14.1. The average molecular weight is 460 g/mol. The molecule has 0 spiro atoms. The molecule has 1 saturated heterocycles. The molecule has 1 fully saturated rings. The molecule has 3 amide bonds. The molecule has 2 N–H and O–H groups in total. The highest BCUT2D eigenvalue weighted by Gasteiger charge is 2.32. The number of nitrogens with zero attached hydrogens (tertiary/aromatic N) is 1. The smallest absolute Gasteiger partial charge is 0.269 e. The first-order valence-electron chi connectivity index (χ1n) is 9.01. The number of thiocarbonyl (C=S) groups is 1. The van der Waals surface area contributed by atoms with Crippen LogP contribution in [0.5, 0.6) is 0 Å². The van der Waals surface area contributed by atoms with Crippen LogP contribution in [0.1, 0.15) is 27.9 Å². The topological polar surface area (TPSA) is 78.5 Å². The van der Waals surface area contributed by atoms with Gasteiger partial charge in [-0.2, -0.15) is 0 Å². The summed E-state index contributed by atoms with van der Waals surface area (Å²) in [4.78, 5) is 38.5. The number of aryl methyl sites for hydroxylation is 1. The quantitative estimate of drug-likeness (QED) is 0.405. The maximum absolute atomic E-state index is 12.6. The molecule has 0 aromatic heterocycles. The van der Waals surface area contributed by atoms with Gasteiger partial charge in [0, 0.05) is 23.6 Å². The number of carbonyl (C=O) groups excluding carboxylic acids is 3. The van der Waals surface area contributed by atoms with E-state index < -0.39 is 11.8 Å². The van der Waals surface area contributed by atoms with Crippen molar-refractivity contribution in [3.63, 3.8) is 0 Å². The van der Waals surface area contributed by atoms with Crippen LogP contribution in [0.2, 0.25) is 5.02 Å². The Morgan fingerprint density at radius 3 is 2.53 bits per heavy atom. The van der Waals surface area contributed by atoms with Crippen molar-refractivity contribution >= 4 is 63.7 Å². The van der Waals surface area contributed by atoms with E-state index in [0.717, 1.165) is 22.9 Å². The fourth-order valence-electron chi connectivity index (χ4n) is 2.61. The van der Waals surface area contributed by atoms with Crippen molar-refractivity contribution in [2.45, 2.75) is 13.3 Å². The van der Waals surface area contributed by atoms with Crippen molar-refractivity contribution in [2.24, 2.45) is 0 Å². The van der Waals surface area contributed by atoms with Gasteiger partial charge in [-0.05, 0) is 36.8 Å². The van der Waals surface area contributed by atoms with Gasteiger partial charge in [0.2, 0.25) is 5.91 Å². The number of amides is 3. The number of rotatable bonds is 5. The van der Waals surface area contributed by atoms with E-state index in [9.17, 15) is 14.4 Å². The highest BCUT2D eigenvalue weighted by molar-refractivity contribution is 8.26. The van der Waals surface area contributed by atoms with Crippen molar-refractivity contribution in [3.8, 4) is 0 Å². The molecule has 2 aromatic rings. The highest BCUT2D eigenvalue weighted by atomic mass is 35.5. The second-order valence-electron chi connectivity index (χ2n) is 6.47. The van der Waals surface area contributed by atoms with E-state index in [1.807, 2.05) is 25.1 Å². The van der Waals surface area contributed by atoms with Gasteiger partial charge in [0.15, 0.2) is 0 Å². The molecule has 0 atom stereocenters. The molecular weight excluding hydrogens is 442 g/mol. The van der Waals surface area contributed by atoms with Crippen LogP contribution in [0, 0.1) is 6.92 Å². The van der Waals surface area contributed by atoms with Crippen LogP contribution in [0.15, 0.2) is 53.4 Å². The second kappa shape index (κ2) is 9.88. The summed E-state index contributed by atoms with van der Waals surface area (Å²) < 4.78 is 0.370. The van der Waals surface area contributed by atoms with Crippen molar-refractivity contribution in [1.29, 1.82) is 0 Å². The van der Waals surface area contributed by atoms with E-state index in [1.54, 1.807) is 36.4 Å². The third-order valence-corrected chi connectivity index (χ3v) is 5.98. The van der Waals surface area contributed by atoms with E-state index >= 15 is 0 Å². The SMILES string of the molecule is Cc1ccc(C(=O)NNC(=O)CCN2C(=O)/C(=C/c3ccccc3Cl)SC2=S)cc1. The molecule has 30 heavy (non-hydrogen) atoms. The van der Waals surface area contributed by atoms with Crippen LogP contribution < -0.4 is 10.9 Å². The molecule has 3 rings (SSSR count). The monoisotopic (exact) mass is 459 g/mol. The van der Waals surface area contributed by atoms with E-state index in [1.165, 1.54) is 4.90 Å². The summed E-state index contributed by atoms with van der Waals surface area (Å²) >= 11 is 12.6. The first-order chi connectivity index (χ1) is 14.3. The molecule has 2 aromatic carbocycles. The molecule has 6 nitrogen and oxygen atoms in total. The first-order valence-corrected chi connectivity index (χ1v) is 10.6. The Kier molecular flexibility index (Phi) is 7.25. The zero-order valence-corrected chi connectivity index (χ0v) is 18.4. The summed E-state index contributed by atoms with van der Waals surface area (Å²) in [5.41, 5.74) is 6.89. The Morgan fingerprint density at radius 2 is 1.83 bits per heavy atom. The normalized spacial score (nSPS) is 14.9. The number of hydrogen-bond acceptors (Lipinski definition) is 5. The zero-order valence-electron chi connectivity index (χ0n) is 16.0. The van der Waals surface area contributed by atoms with Gasteiger partial charge in [-0.1, -0.05) is 71.5 Å². The van der Waals surface area contributed by atoms with Gasteiger partial charge in [0.1, 0.15) is 4.32 Å². The lowest BCUT2D eigenvalue weighted by Crippen LogP contribution is -2.43.